The van der Waals surface area contributed by atoms with Crippen LogP contribution in [0.5, 0.6) is 0 Å². The molecule has 1 fully saturated rings. The summed E-state index contributed by atoms with van der Waals surface area (Å²) in [5.74, 6) is -0.0234. The standard InChI is InChI=1S/C15H21N3O2/c1-2-14(19)16-12-7-9-13(10-8-12)18-15(20)17-11-5-3-4-6-11/h7-11H,2-6H2,1H3,(H,16,19)(H2,17,18,20). The van der Waals surface area contributed by atoms with Gasteiger partial charge in [-0.2, -0.15) is 0 Å². The van der Waals surface area contributed by atoms with Gasteiger partial charge in [0.2, 0.25) is 5.91 Å². The van der Waals surface area contributed by atoms with Crippen LogP contribution in [0.3, 0.4) is 0 Å². The molecule has 3 N–H and O–H groups in total. The molecule has 0 unspecified atom stereocenters. The molecule has 1 saturated carbocycles. The smallest absolute Gasteiger partial charge is 0.319 e. The van der Waals surface area contributed by atoms with E-state index in [2.05, 4.69) is 16.0 Å². The van der Waals surface area contributed by atoms with Crippen LogP contribution in [0.4, 0.5) is 16.2 Å². The number of benzene rings is 1. The van der Waals surface area contributed by atoms with Crippen molar-refractivity contribution < 1.29 is 9.59 Å². The van der Waals surface area contributed by atoms with Crippen molar-refractivity contribution in [2.45, 2.75) is 45.1 Å². The van der Waals surface area contributed by atoms with E-state index in [4.69, 9.17) is 0 Å². The van der Waals surface area contributed by atoms with Crippen molar-refractivity contribution in [3.63, 3.8) is 0 Å². The second-order valence-electron chi connectivity index (χ2n) is 5.06. The van der Waals surface area contributed by atoms with Crippen LogP contribution < -0.4 is 16.0 Å². The SMILES string of the molecule is CCC(=O)Nc1ccc(NC(=O)NC2CCCC2)cc1. The van der Waals surface area contributed by atoms with Gasteiger partial charge in [-0.3, -0.25) is 4.79 Å². The first kappa shape index (κ1) is 14.4. The summed E-state index contributed by atoms with van der Waals surface area (Å²) in [6.45, 7) is 1.80. The van der Waals surface area contributed by atoms with E-state index in [1.54, 1.807) is 31.2 Å². The summed E-state index contributed by atoms with van der Waals surface area (Å²) in [5.41, 5.74) is 1.45. The Labute approximate surface area is 119 Å². The molecule has 0 aromatic heterocycles. The van der Waals surface area contributed by atoms with Crippen LogP contribution in [0, 0.1) is 0 Å². The number of anilines is 2. The highest BCUT2D eigenvalue weighted by atomic mass is 16.2. The lowest BCUT2D eigenvalue weighted by molar-refractivity contribution is -0.115. The molecular formula is C15H21N3O2. The van der Waals surface area contributed by atoms with E-state index >= 15 is 0 Å². The second kappa shape index (κ2) is 6.93. The number of hydrogen-bond donors (Lipinski definition) is 3. The third-order valence-corrected chi connectivity index (χ3v) is 3.44. The Morgan fingerprint density at radius 1 is 1.05 bits per heavy atom. The molecule has 0 spiro atoms. The van der Waals surface area contributed by atoms with Crippen molar-refractivity contribution >= 4 is 23.3 Å². The number of nitrogens with one attached hydrogen (secondary N) is 3. The predicted molar refractivity (Wildman–Crippen MR) is 79.8 cm³/mol. The molecule has 1 aromatic carbocycles. The number of carbonyl (C=O) groups is 2. The molecule has 3 amide bonds. The molecule has 0 bridgehead atoms. The van der Waals surface area contributed by atoms with Crippen molar-refractivity contribution in [2.75, 3.05) is 10.6 Å². The van der Waals surface area contributed by atoms with E-state index in [-0.39, 0.29) is 11.9 Å². The molecule has 108 valence electrons. The summed E-state index contributed by atoms with van der Waals surface area (Å²) in [6.07, 6.45) is 4.96. The fraction of sp³-hybridized carbons (Fsp3) is 0.467. The Morgan fingerprint density at radius 3 is 2.15 bits per heavy atom. The molecule has 0 radical (unpaired) electrons. The molecule has 0 aliphatic heterocycles. The maximum atomic E-state index is 11.8. The number of hydrogen-bond acceptors (Lipinski definition) is 2. The first-order valence-corrected chi connectivity index (χ1v) is 7.15. The van der Waals surface area contributed by atoms with Gasteiger partial charge in [-0.15, -0.1) is 0 Å². The summed E-state index contributed by atoms with van der Waals surface area (Å²) in [6, 6.07) is 7.25. The zero-order valence-corrected chi connectivity index (χ0v) is 11.7. The molecule has 20 heavy (non-hydrogen) atoms. The topological polar surface area (TPSA) is 70.2 Å². The van der Waals surface area contributed by atoms with Gasteiger partial charge in [-0.25, -0.2) is 4.79 Å². The Morgan fingerprint density at radius 2 is 1.60 bits per heavy atom. The van der Waals surface area contributed by atoms with E-state index in [1.165, 1.54) is 12.8 Å². The molecule has 5 nitrogen and oxygen atoms in total. The van der Waals surface area contributed by atoms with Crippen LogP contribution in [-0.2, 0) is 4.79 Å². The largest absolute Gasteiger partial charge is 0.335 e. The monoisotopic (exact) mass is 275 g/mol. The predicted octanol–water partition coefficient (Wildman–Crippen LogP) is 3.10. The average Bonchev–Trinajstić information content (AvgIpc) is 2.93. The Balaban J connectivity index is 1.83. The third kappa shape index (κ3) is 4.26. The highest BCUT2D eigenvalue weighted by molar-refractivity contribution is 5.92. The van der Waals surface area contributed by atoms with Crippen LogP contribution in [0.1, 0.15) is 39.0 Å². The van der Waals surface area contributed by atoms with Gasteiger partial charge in [0.05, 0.1) is 0 Å². The Kier molecular flexibility index (Phi) is 4.98. The molecule has 5 heteroatoms. The third-order valence-electron chi connectivity index (χ3n) is 3.44. The van der Waals surface area contributed by atoms with Crippen molar-refractivity contribution in [2.24, 2.45) is 0 Å². The van der Waals surface area contributed by atoms with Gasteiger partial charge >= 0.3 is 6.03 Å². The number of carbonyl (C=O) groups excluding carboxylic acids is 2. The highest BCUT2D eigenvalue weighted by Crippen LogP contribution is 2.18. The lowest BCUT2D eigenvalue weighted by Gasteiger charge is -2.13. The Bertz CT molecular complexity index is 465. The fourth-order valence-electron chi connectivity index (χ4n) is 2.31. The molecule has 0 heterocycles. The fourth-order valence-corrected chi connectivity index (χ4v) is 2.31. The first-order valence-electron chi connectivity index (χ1n) is 7.15. The highest BCUT2D eigenvalue weighted by Gasteiger charge is 2.16. The zero-order valence-electron chi connectivity index (χ0n) is 11.7. The first-order chi connectivity index (χ1) is 9.67. The van der Waals surface area contributed by atoms with Crippen LogP contribution in [0.2, 0.25) is 0 Å². The van der Waals surface area contributed by atoms with Gasteiger partial charge in [-0.1, -0.05) is 19.8 Å². The minimum absolute atomic E-state index is 0.0234. The molecular weight excluding hydrogens is 254 g/mol. The van der Waals surface area contributed by atoms with Gasteiger partial charge in [0, 0.05) is 23.8 Å². The summed E-state index contributed by atoms with van der Waals surface area (Å²) >= 11 is 0. The van der Waals surface area contributed by atoms with Gasteiger partial charge in [0.15, 0.2) is 0 Å². The molecule has 1 aliphatic rings. The van der Waals surface area contributed by atoms with Crippen LogP contribution in [0.15, 0.2) is 24.3 Å². The lowest BCUT2D eigenvalue weighted by Crippen LogP contribution is -2.36. The minimum Gasteiger partial charge on any atom is -0.335 e. The number of urea groups is 1. The number of rotatable bonds is 4. The maximum absolute atomic E-state index is 11.8. The average molecular weight is 275 g/mol. The van der Waals surface area contributed by atoms with E-state index in [1.807, 2.05) is 0 Å². The van der Waals surface area contributed by atoms with Crippen LogP contribution in [-0.4, -0.2) is 18.0 Å². The summed E-state index contributed by atoms with van der Waals surface area (Å²) < 4.78 is 0. The normalized spacial score (nSPS) is 14.8. The van der Waals surface area contributed by atoms with Gasteiger partial charge in [-0.05, 0) is 37.1 Å². The van der Waals surface area contributed by atoms with Gasteiger partial charge in [0.1, 0.15) is 0 Å². The van der Waals surface area contributed by atoms with Crippen LogP contribution in [0.25, 0.3) is 0 Å². The Hall–Kier alpha value is -2.04. The van der Waals surface area contributed by atoms with Crippen molar-refractivity contribution in [3.8, 4) is 0 Å². The summed E-state index contributed by atoms with van der Waals surface area (Å²) in [7, 11) is 0. The van der Waals surface area contributed by atoms with Crippen LogP contribution >= 0.6 is 0 Å². The molecule has 1 aromatic rings. The maximum Gasteiger partial charge on any atom is 0.319 e. The molecule has 2 rings (SSSR count). The van der Waals surface area contributed by atoms with E-state index in [0.717, 1.165) is 24.2 Å². The molecule has 1 aliphatic carbocycles. The zero-order chi connectivity index (χ0) is 14.4. The van der Waals surface area contributed by atoms with Crippen molar-refractivity contribution in [1.29, 1.82) is 0 Å². The molecule has 0 saturated heterocycles. The van der Waals surface area contributed by atoms with E-state index < -0.39 is 0 Å². The van der Waals surface area contributed by atoms with E-state index in [9.17, 15) is 9.59 Å². The quantitative estimate of drug-likeness (QED) is 0.790. The minimum atomic E-state index is -0.165. The van der Waals surface area contributed by atoms with Crippen molar-refractivity contribution in [3.05, 3.63) is 24.3 Å². The van der Waals surface area contributed by atoms with Gasteiger partial charge < -0.3 is 16.0 Å². The van der Waals surface area contributed by atoms with Crippen molar-refractivity contribution in [1.82, 2.24) is 5.32 Å². The summed E-state index contributed by atoms with van der Waals surface area (Å²) in [4.78, 5) is 23.0. The van der Waals surface area contributed by atoms with E-state index in [0.29, 0.717) is 12.5 Å². The number of amides is 3. The van der Waals surface area contributed by atoms with Gasteiger partial charge in [0.25, 0.3) is 0 Å². The molecule has 0 atom stereocenters. The summed E-state index contributed by atoms with van der Waals surface area (Å²) in [5, 5.41) is 8.53. The second-order valence-corrected chi connectivity index (χ2v) is 5.06. The lowest BCUT2D eigenvalue weighted by atomic mass is 10.2.